The van der Waals surface area contributed by atoms with E-state index >= 15 is 0 Å². The van der Waals surface area contributed by atoms with Crippen molar-refractivity contribution >= 4 is 38.4 Å². The number of anilines is 1. The summed E-state index contributed by atoms with van der Waals surface area (Å²) in [6, 6.07) is 3.66. The molecular formula is C12H13F3N2S2. The van der Waals surface area contributed by atoms with E-state index < -0.39 is 11.7 Å². The van der Waals surface area contributed by atoms with Gasteiger partial charge in [-0.2, -0.15) is 24.9 Å². The van der Waals surface area contributed by atoms with Gasteiger partial charge in [0.1, 0.15) is 0 Å². The number of rotatable bonds is 4. The lowest BCUT2D eigenvalue weighted by Gasteiger charge is -2.07. The molecular weight excluding hydrogens is 293 g/mol. The van der Waals surface area contributed by atoms with Gasteiger partial charge >= 0.3 is 6.18 Å². The molecule has 1 atom stereocenters. The third-order valence-corrected chi connectivity index (χ3v) is 4.62. The number of hydrogen-bond donors (Lipinski definition) is 1. The van der Waals surface area contributed by atoms with E-state index in [4.69, 9.17) is 0 Å². The lowest BCUT2D eigenvalue weighted by molar-refractivity contribution is -0.137. The average Bonchev–Trinajstić information content (AvgIpc) is 2.76. The standard InChI is InChI=1S/C12H13F3N2S2/c1-7(18-2)6-16-11-17-9-5-8(12(13,14)15)3-4-10(9)19-11/h3-5,7H,6H2,1-2H3,(H,16,17). The van der Waals surface area contributed by atoms with Gasteiger partial charge in [0.25, 0.3) is 0 Å². The van der Waals surface area contributed by atoms with Crippen molar-refractivity contribution in [2.24, 2.45) is 0 Å². The van der Waals surface area contributed by atoms with Gasteiger partial charge in [0, 0.05) is 11.8 Å². The minimum absolute atomic E-state index is 0.388. The Balaban J connectivity index is 2.21. The van der Waals surface area contributed by atoms with E-state index in [0.717, 1.165) is 23.4 Å². The topological polar surface area (TPSA) is 24.9 Å². The maximum atomic E-state index is 12.6. The monoisotopic (exact) mass is 306 g/mol. The number of nitrogens with one attached hydrogen (secondary N) is 1. The first-order valence-corrected chi connectivity index (χ1v) is 7.75. The molecule has 2 rings (SSSR count). The Morgan fingerprint density at radius 2 is 2.16 bits per heavy atom. The summed E-state index contributed by atoms with van der Waals surface area (Å²) in [6.07, 6.45) is -2.31. The second-order valence-corrected chi connectivity index (χ2v) is 6.43. The van der Waals surface area contributed by atoms with Crippen LogP contribution in [-0.2, 0) is 6.18 Å². The molecule has 2 aromatic rings. The smallest absolute Gasteiger partial charge is 0.360 e. The fourth-order valence-electron chi connectivity index (χ4n) is 1.49. The summed E-state index contributed by atoms with van der Waals surface area (Å²) in [6.45, 7) is 2.82. The van der Waals surface area contributed by atoms with Gasteiger partial charge in [0.05, 0.1) is 15.8 Å². The molecule has 0 aliphatic carbocycles. The van der Waals surface area contributed by atoms with E-state index in [-0.39, 0.29) is 0 Å². The zero-order valence-corrected chi connectivity index (χ0v) is 12.0. The summed E-state index contributed by atoms with van der Waals surface area (Å²) < 4.78 is 38.5. The second-order valence-electron chi connectivity index (χ2n) is 4.13. The molecule has 0 aliphatic heterocycles. The van der Waals surface area contributed by atoms with Crippen molar-refractivity contribution in [2.75, 3.05) is 18.1 Å². The van der Waals surface area contributed by atoms with Crippen LogP contribution in [0.5, 0.6) is 0 Å². The summed E-state index contributed by atoms with van der Waals surface area (Å²) in [5.41, 5.74) is -0.270. The van der Waals surface area contributed by atoms with Crippen LogP contribution in [0.3, 0.4) is 0 Å². The average molecular weight is 306 g/mol. The molecule has 0 amide bonds. The van der Waals surface area contributed by atoms with E-state index in [2.05, 4.69) is 17.2 Å². The van der Waals surface area contributed by atoms with E-state index in [1.807, 2.05) is 6.26 Å². The third-order valence-electron chi connectivity index (χ3n) is 2.66. The molecule has 104 valence electrons. The zero-order chi connectivity index (χ0) is 14.0. The molecule has 0 aliphatic rings. The molecule has 1 aromatic carbocycles. The predicted octanol–water partition coefficient (Wildman–Crippen LogP) is 4.48. The van der Waals surface area contributed by atoms with Crippen molar-refractivity contribution in [1.29, 1.82) is 0 Å². The van der Waals surface area contributed by atoms with Gasteiger partial charge in [-0.05, 0) is 24.5 Å². The van der Waals surface area contributed by atoms with Crippen LogP contribution in [0.4, 0.5) is 18.3 Å². The summed E-state index contributed by atoms with van der Waals surface area (Å²) in [4.78, 5) is 4.19. The molecule has 0 saturated carbocycles. The lowest BCUT2D eigenvalue weighted by atomic mass is 10.2. The summed E-state index contributed by atoms with van der Waals surface area (Å²) in [7, 11) is 0. The largest absolute Gasteiger partial charge is 0.416 e. The SMILES string of the molecule is CSC(C)CNc1nc2cc(C(F)(F)F)ccc2s1. The predicted molar refractivity (Wildman–Crippen MR) is 76.1 cm³/mol. The van der Waals surface area contributed by atoms with Crippen LogP contribution in [0.2, 0.25) is 0 Å². The minimum atomic E-state index is -4.32. The lowest BCUT2D eigenvalue weighted by Crippen LogP contribution is -2.12. The molecule has 7 heteroatoms. The molecule has 0 saturated heterocycles. The normalized spacial score (nSPS) is 13.7. The Morgan fingerprint density at radius 1 is 1.42 bits per heavy atom. The first-order valence-electron chi connectivity index (χ1n) is 5.64. The van der Waals surface area contributed by atoms with Crippen LogP contribution in [0, 0.1) is 0 Å². The van der Waals surface area contributed by atoms with E-state index in [1.54, 1.807) is 11.8 Å². The van der Waals surface area contributed by atoms with E-state index in [9.17, 15) is 13.2 Å². The molecule has 0 spiro atoms. The van der Waals surface area contributed by atoms with Gasteiger partial charge in [-0.15, -0.1) is 0 Å². The van der Waals surface area contributed by atoms with Crippen molar-refractivity contribution in [2.45, 2.75) is 18.3 Å². The second kappa shape index (κ2) is 5.58. The first kappa shape index (κ1) is 14.5. The number of thioether (sulfide) groups is 1. The van der Waals surface area contributed by atoms with Gasteiger partial charge in [-0.25, -0.2) is 4.98 Å². The van der Waals surface area contributed by atoms with Gasteiger partial charge in [0.2, 0.25) is 0 Å². The molecule has 1 heterocycles. The minimum Gasteiger partial charge on any atom is -0.360 e. The van der Waals surface area contributed by atoms with Crippen LogP contribution in [0.15, 0.2) is 18.2 Å². The van der Waals surface area contributed by atoms with Gasteiger partial charge in [-0.3, -0.25) is 0 Å². The Hall–Kier alpha value is -0.950. The van der Waals surface area contributed by atoms with Crippen molar-refractivity contribution < 1.29 is 13.2 Å². The van der Waals surface area contributed by atoms with Crippen LogP contribution >= 0.6 is 23.1 Å². The number of nitrogens with zero attached hydrogens (tertiary/aromatic N) is 1. The highest BCUT2D eigenvalue weighted by atomic mass is 32.2. The number of aromatic nitrogens is 1. The van der Waals surface area contributed by atoms with Crippen molar-refractivity contribution in [3.05, 3.63) is 23.8 Å². The molecule has 0 radical (unpaired) electrons. The van der Waals surface area contributed by atoms with Gasteiger partial charge in [0.15, 0.2) is 5.13 Å². The third kappa shape index (κ3) is 3.54. The maximum Gasteiger partial charge on any atom is 0.416 e. The Morgan fingerprint density at radius 3 is 2.79 bits per heavy atom. The number of halogens is 3. The summed E-state index contributed by atoms with van der Waals surface area (Å²) in [5.74, 6) is 0. The van der Waals surface area contributed by atoms with Crippen molar-refractivity contribution in [3.63, 3.8) is 0 Å². The molecule has 2 nitrogen and oxygen atoms in total. The van der Waals surface area contributed by atoms with Crippen LogP contribution in [0.1, 0.15) is 12.5 Å². The number of hydrogen-bond acceptors (Lipinski definition) is 4. The molecule has 1 N–H and O–H groups in total. The number of thiazole rings is 1. The van der Waals surface area contributed by atoms with Crippen LogP contribution in [-0.4, -0.2) is 23.0 Å². The molecule has 19 heavy (non-hydrogen) atoms. The quantitative estimate of drug-likeness (QED) is 0.901. The molecule has 0 bridgehead atoms. The van der Waals surface area contributed by atoms with Crippen LogP contribution in [0.25, 0.3) is 10.2 Å². The van der Waals surface area contributed by atoms with E-state index in [0.29, 0.717) is 15.9 Å². The fourth-order valence-corrected chi connectivity index (χ4v) is 2.60. The maximum absolute atomic E-state index is 12.6. The highest BCUT2D eigenvalue weighted by Crippen LogP contribution is 2.33. The fraction of sp³-hybridized carbons (Fsp3) is 0.417. The number of fused-ring (bicyclic) bond motifs is 1. The van der Waals surface area contributed by atoms with Gasteiger partial charge < -0.3 is 5.32 Å². The number of benzene rings is 1. The Kier molecular flexibility index (Phi) is 4.25. The molecule has 1 aromatic heterocycles. The zero-order valence-electron chi connectivity index (χ0n) is 10.4. The number of alkyl halides is 3. The Bertz CT molecular complexity index is 566. The van der Waals surface area contributed by atoms with Crippen LogP contribution < -0.4 is 5.32 Å². The van der Waals surface area contributed by atoms with E-state index in [1.165, 1.54) is 17.4 Å². The first-order chi connectivity index (χ1) is 8.90. The summed E-state index contributed by atoms with van der Waals surface area (Å²) >= 11 is 3.09. The molecule has 1 unspecified atom stereocenters. The molecule has 0 fully saturated rings. The highest BCUT2D eigenvalue weighted by Gasteiger charge is 2.30. The summed E-state index contributed by atoms with van der Waals surface area (Å²) in [5, 5.41) is 4.24. The highest BCUT2D eigenvalue weighted by molar-refractivity contribution is 7.99. The Labute approximate surface area is 117 Å². The van der Waals surface area contributed by atoms with Gasteiger partial charge in [-0.1, -0.05) is 18.3 Å². The van der Waals surface area contributed by atoms with Crippen molar-refractivity contribution in [3.8, 4) is 0 Å². The van der Waals surface area contributed by atoms with Crippen molar-refractivity contribution in [1.82, 2.24) is 4.98 Å².